The number of hydrogen-bond donors (Lipinski definition) is 3. The maximum Gasteiger partial charge on any atom is 0.354 e. The fourth-order valence-electron chi connectivity index (χ4n) is 1.68. The van der Waals surface area contributed by atoms with Crippen molar-refractivity contribution >= 4 is 17.3 Å². The SMILES string of the molecule is CC(Nc1ncnc(NN)c1[N+](=O)[O-])c1cccnc1. The van der Waals surface area contributed by atoms with E-state index < -0.39 is 4.92 Å². The maximum atomic E-state index is 11.1. The lowest BCUT2D eigenvalue weighted by atomic mass is 10.1. The summed E-state index contributed by atoms with van der Waals surface area (Å²) in [7, 11) is 0. The molecule has 104 valence electrons. The number of aromatic nitrogens is 3. The van der Waals surface area contributed by atoms with Crippen molar-refractivity contribution in [3.63, 3.8) is 0 Å². The zero-order valence-corrected chi connectivity index (χ0v) is 10.6. The molecule has 0 spiro atoms. The van der Waals surface area contributed by atoms with Crippen molar-refractivity contribution < 1.29 is 4.92 Å². The summed E-state index contributed by atoms with van der Waals surface area (Å²) >= 11 is 0. The number of nitrogen functional groups attached to an aromatic ring is 1. The fraction of sp³-hybridized carbons (Fsp3) is 0.182. The van der Waals surface area contributed by atoms with Crippen molar-refractivity contribution in [2.24, 2.45) is 5.84 Å². The van der Waals surface area contributed by atoms with Crippen LogP contribution in [0.25, 0.3) is 0 Å². The standard InChI is InChI=1S/C11H13N7O2/c1-7(8-3-2-4-13-5-8)16-10-9(18(19)20)11(17-12)15-6-14-10/h2-7H,12H2,1H3,(H2,14,15,16,17). The first-order valence-electron chi connectivity index (χ1n) is 5.76. The van der Waals surface area contributed by atoms with Crippen LogP contribution in [-0.2, 0) is 0 Å². The Morgan fingerprint density at radius 1 is 1.40 bits per heavy atom. The summed E-state index contributed by atoms with van der Waals surface area (Å²) in [5.41, 5.74) is 2.76. The highest BCUT2D eigenvalue weighted by atomic mass is 16.6. The van der Waals surface area contributed by atoms with Gasteiger partial charge in [0.2, 0.25) is 11.6 Å². The first kappa shape index (κ1) is 13.6. The second-order valence-corrected chi connectivity index (χ2v) is 3.97. The highest BCUT2D eigenvalue weighted by Crippen LogP contribution is 2.30. The summed E-state index contributed by atoms with van der Waals surface area (Å²) in [6.45, 7) is 1.85. The van der Waals surface area contributed by atoms with E-state index in [-0.39, 0.29) is 23.4 Å². The molecule has 0 aliphatic rings. The van der Waals surface area contributed by atoms with Crippen LogP contribution in [0.1, 0.15) is 18.5 Å². The molecule has 0 radical (unpaired) electrons. The molecule has 0 amide bonds. The van der Waals surface area contributed by atoms with Crippen molar-refractivity contribution in [3.8, 4) is 0 Å². The summed E-state index contributed by atoms with van der Waals surface area (Å²) in [5, 5.41) is 14.1. The fourth-order valence-corrected chi connectivity index (χ4v) is 1.68. The quantitative estimate of drug-likeness (QED) is 0.421. The van der Waals surface area contributed by atoms with Gasteiger partial charge in [-0.15, -0.1) is 0 Å². The molecule has 20 heavy (non-hydrogen) atoms. The van der Waals surface area contributed by atoms with Gasteiger partial charge in [0.15, 0.2) is 0 Å². The van der Waals surface area contributed by atoms with E-state index in [0.29, 0.717) is 0 Å². The van der Waals surface area contributed by atoms with E-state index in [1.165, 1.54) is 6.33 Å². The number of nitrogens with two attached hydrogens (primary N) is 1. The second-order valence-electron chi connectivity index (χ2n) is 3.97. The third kappa shape index (κ3) is 2.78. The topological polar surface area (TPSA) is 132 Å². The summed E-state index contributed by atoms with van der Waals surface area (Å²) in [4.78, 5) is 22.1. The summed E-state index contributed by atoms with van der Waals surface area (Å²) < 4.78 is 0. The zero-order chi connectivity index (χ0) is 14.5. The first-order valence-corrected chi connectivity index (χ1v) is 5.76. The van der Waals surface area contributed by atoms with E-state index >= 15 is 0 Å². The lowest BCUT2D eigenvalue weighted by Crippen LogP contribution is -2.15. The van der Waals surface area contributed by atoms with Gasteiger partial charge in [-0.3, -0.25) is 15.1 Å². The minimum atomic E-state index is -0.590. The van der Waals surface area contributed by atoms with Gasteiger partial charge in [0.1, 0.15) is 6.33 Å². The van der Waals surface area contributed by atoms with Gasteiger partial charge in [-0.25, -0.2) is 15.8 Å². The molecule has 9 heteroatoms. The van der Waals surface area contributed by atoms with Crippen LogP contribution in [0.2, 0.25) is 0 Å². The monoisotopic (exact) mass is 275 g/mol. The minimum absolute atomic E-state index is 0.0501. The Morgan fingerprint density at radius 3 is 2.75 bits per heavy atom. The molecule has 0 aliphatic carbocycles. The molecule has 2 heterocycles. The number of nitro groups is 1. The molecule has 9 nitrogen and oxygen atoms in total. The Labute approximate surface area is 114 Å². The Balaban J connectivity index is 2.32. The van der Waals surface area contributed by atoms with E-state index in [0.717, 1.165) is 5.56 Å². The number of rotatable bonds is 5. The van der Waals surface area contributed by atoms with E-state index in [4.69, 9.17) is 5.84 Å². The third-order valence-corrected chi connectivity index (χ3v) is 2.68. The van der Waals surface area contributed by atoms with E-state index in [1.54, 1.807) is 18.5 Å². The number of pyridine rings is 1. The van der Waals surface area contributed by atoms with Gasteiger partial charge in [-0.05, 0) is 18.6 Å². The molecule has 0 bridgehead atoms. The van der Waals surface area contributed by atoms with Crippen molar-refractivity contribution in [2.75, 3.05) is 10.7 Å². The smallest absolute Gasteiger partial charge is 0.354 e. The molecule has 1 unspecified atom stereocenters. The zero-order valence-electron chi connectivity index (χ0n) is 10.6. The third-order valence-electron chi connectivity index (χ3n) is 2.68. The normalized spacial score (nSPS) is 11.7. The van der Waals surface area contributed by atoms with Crippen LogP contribution in [0.3, 0.4) is 0 Å². The highest BCUT2D eigenvalue weighted by Gasteiger charge is 2.23. The molecule has 0 aromatic carbocycles. The van der Waals surface area contributed by atoms with Crippen LogP contribution < -0.4 is 16.6 Å². The average molecular weight is 275 g/mol. The van der Waals surface area contributed by atoms with Crippen LogP contribution in [0, 0.1) is 10.1 Å². The molecule has 0 fully saturated rings. The van der Waals surface area contributed by atoms with Crippen LogP contribution in [-0.4, -0.2) is 19.9 Å². The summed E-state index contributed by atoms with van der Waals surface area (Å²) in [6, 6.07) is 3.44. The van der Waals surface area contributed by atoms with E-state index in [9.17, 15) is 10.1 Å². The highest BCUT2D eigenvalue weighted by molar-refractivity contribution is 5.69. The molecule has 0 aliphatic heterocycles. The van der Waals surface area contributed by atoms with E-state index in [1.807, 2.05) is 13.0 Å². The van der Waals surface area contributed by atoms with Crippen molar-refractivity contribution in [2.45, 2.75) is 13.0 Å². The van der Waals surface area contributed by atoms with Crippen LogP contribution in [0.15, 0.2) is 30.9 Å². The van der Waals surface area contributed by atoms with Gasteiger partial charge >= 0.3 is 5.69 Å². The van der Waals surface area contributed by atoms with Crippen molar-refractivity contribution in [3.05, 3.63) is 46.5 Å². The van der Waals surface area contributed by atoms with Crippen LogP contribution >= 0.6 is 0 Å². The Morgan fingerprint density at radius 2 is 2.15 bits per heavy atom. The number of nitrogens with zero attached hydrogens (tertiary/aromatic N) is 4. The molecular weight excluding hydrogens is 262 g/mol. The Bertz CT molecular complexity index is 605. The predicted octanol–water partition coefficient (Wildman–Crippen LogP) is 1.24. The van der Waals surface area contributed by atoms with Gasteiger partial charge < -0.3 is 10.7 Å². The molecule has 0 saturated carbocycles. The first-order chi connectivity index (χ1) is 9.63. The minimum Gasteiger partial charge on any atom is -0.358 e. The largest absolute Gasteiger partial charge is 0.358 e. The molecule has 2 rings (SSSR count). The molecule has 2 aromatic heterocycles. The van der Waals surface area contributed by atoms with Gasteiger partial charge in [0.05, 0.1) is 11.0 Å². The lowest BCUT2D eigenvalue weighted by Gasteiger charge is -2.14. The number of anilines is 2. The van der Waals surface area contributed by atoms with E-state index in [2.05, 4.69) is 25.7 Å². The van der Waals surface area contributed by atoms with Crippen LogP contribution in [0.5, 0.6) is 0 Å². The molecular formula is C11H13N7O2. The number of nitrogens with one attached hydrogen (secondary N) is 2. The van der Waals surface area contributed by atoms with Crippen molar-refractivity contribution in [1.29, 1.82) is 0 Å². The average Bonchev–Trinajstić information content (AvgIpc) is 2.47. The van der Waals surface area contributed by atoms with Crippen molar-refractivity contribution in [1.82, 2.24) is 15.0 Å². The summed E-state index contributed by atoms with van der Waals surface area (Å²) in [6.07, 6.45) is 4.52. The molecule has 1 atom stereocenters. The Kier molecular flexibility index (Phi) is 4.01. The molecule has 4 N–H and O–H groups in total. The molecule has 2 aromatic rings. The van der Waals surface area contributed by atoms with Gasteiger partial charge in [0.25, 0.3) is 0 Å². The number of hydrazine groups is 1. The Hall–Kier alpha value is -2.81. The van der Waals surface area contributed by atoms with Gasteiger partial charge in [-0.2, -0.15) is 0 Å². The molecule has 0 saturated heterocycles. The maximum absolute atomic E-state index is 11.1. The predicted molar refractivity (Wildman–Crippen MR) is 72.8 cm³/mol. The van der Waals surface area contributed by atoms with Gasteiger partial charge in [0, 0.05) is 12.4 Å². The lowest BCUT2D eigenvalue weighted by molar-refractivity contribution is -0.383. The second kappa shape index (κ2) is 5.89. The summed E-state index contributed by atoms with van der Waals surface area (Å²) in [5.74, 6) is 5.26. The van der Waals surface area contributed by atoms with Crippen LogP contribution in [0.4, 0.5) is 17.3 Å². The number of hydrogen-bond acceptors (Lipinski definition) is 8. The van der Waals surface area contributed by atoms with Gasteiger partial charge in [-0.1, -0.05) is 6.07 Å².